The van der Waals surface area contributed by atoms with Gasteiger partial charge in [-0.2, -0.15) is 0 Å². The number of fused-ring (bicyclic) bond motifs is 1. The SMILES string of the molecule is CCCOCCCC(CCC)CCCc1nc(-c2ccc3c(c2)C(C)(C)CCC3(C)C)cs1. The second-order valence-electron chi connectivity index (χ2n) is 11.5. The summed E-state index contributed by atoms with van der Waals surface area (Å²) in [6.07, 6.45) is 12.5. The third-order valence-corrected chi connectivity index (χ3v) is 8.56. The van der Waals surface area contributed by atoms with E-state index in [-0.39, 0.29) is 10.8 Å². The standard InChI is InChI=1S/C30H47NOS/c1-7-11-23(13-10-20-32-19-8-2)12-9-14-28-31-27(22-33-28)24-15-16-25-26(21-24)30(5,6)18-17-29(25,3)4/h15-16,21-23H,7-14,17-20H2,1-6H3. The first-order valence-corrected chi connectivity index (χ1v) is 14.3. The van der Waals surface area contributed by atoms with E-state index in [0.717, 1.165) is 37.7 Å². The Hall–Kier alpha value is -1.19. The summed E-state index contributed by atoms with van der Waals surface area (Å²) in [6.45, 7) is 15.9. The molecule has 1 unspecified atom stereocenters. The van der Waals surface area contributed by atoms with Crippen molar-refractivity contribution in [1.29, 1.82) is 0 Å². The molecule has 33 heavy (non-hydrogen) atoms. The predicted molar refractivity (Wildman–Crippen MR) is 145 cm³/mol. The average Bonchev–Trinajstić information content (AvgIpc) is 3.25. The molecule has 0 bridgehead atoms. The first-order chi connectivity index (χ1) is 15.8. The number of thiazole rings is 1. The normalized spacial score (nSPS) is 17.6. The fourth-order valence-corrected chi connectivity index (χ4v) is 6.26. The summed E-state index contributed by atoms with van der Waals surface area (Å²) in [5, 5.41) is 3.57. The van der Waals surface area contributed by atoms with E-state index in [9.17, 15) is 0 Å². The van der Waals surface area contributed by atoms with Gasteiger partial charge in [0.1, 0.15) is 0 Å². The number of hydrogen-bond donors (Lipinski definition) is 0. The first kappa shape index (κ1) is 26.4. The largest absolute Gasteiger partial charge is 0.381 e. The molecule has 0 amide bonds. The van der Waals surface area contributed by atoms with Gasteiger partial charge < -0.3 is 4.74 Å². The van der Waals surface area contributed by atoms with Gasteiger partial charge in [-0.25, -0.2) is 4.98 Å². The van der Waals surface area contributed by atoms with Gasteiger partial charge in [0.05, 0.1) is 10.7 Å². The summed E-state index contributed by atoms with van der Waals surface area (Å²) in [4.78, 5) is 5.05. The molecule has 0 saturated carbocycles. The van der Waals surface area contributed by atoms with E-state index in [2.05, 4.69) is 65.1 Å². The molecule has 3 rings (SSSR count). The van der Waals surface area contributed by atoms with Crippen LogP contribution in [0.5, 0.6) is 0 Å². The van der Waals surface area contributed by atoms with Gasteiger partial charge in [-0.3, -0.25) is 0 Å². The molecule has 0 saturated heterocycles. The van der Waals surface area contributed by atoms with Crippen molar-refractivity contribution in [3.05, 3.63) is 39.7 Å². The molecule has 1 aliphatic carbocycles. The summed E-state index contributed by atoms with van der Waals surface area (Å²) in [5.74, 6) is 0.839. The van der Waals surface area contributed by atoms with Crippen molar-refractivity contribution in [3.8, 4) is 11.3 Å². The average molecular weight is 470 g/mol. The zero-order valence-electron chi connectivity index (χ0n) is 22.1. The fraction of sp³-hybridized carbons (Fsp3) is 0.700. The lowest BCUT2D eigenvalue weighted by Crippen LogP contribution is -2.33. The lowest BCUT2D eigenvalue weighted by molar-refractivity contribution is 0.126. The Balaban J connectivity index is 1.58. The number of aryl methyl sites for hydroxylation is 1. The Morgan fingerprint density at radius 2 is 1.64 bits per heavy atom. The third kappa shape index (κ3) is 7.15. The van der Waals surface area contributed by atoms with Gasteiger partial charge in [-0.15, -0.1) is 11.3 Å². The van der Waals surface area contributed by atoms with Crippen LogP contribution in [0.1, 0.15) is 115 Å². The van der Waals surface area contributed by atoms with Crippen LogP contribution in [0.15, 0.2) is 23.6 Å². The van der Waals surface area contributed by atoms with Crippen molar-refractivity contribution in [2.45, 2.75) is 117 Å². The minimum Gasteiger partial charge on any atom is -0.381 e. The third-order valence-electron chi connectivity index (χ3n) is 7.65. The number of ether oxygens (including phenoxy) is 1. The van der Waals surface area contributed by atoms with E-state index in [0.29, 0.717) is 0 Å². The van der Waals surface area contributed by atoms with Crippen LogP contribution in [0.4, 0.5) is 0 Å². The minimum atomic E-state index is 0.246. The Labute approximate surface area is 207 Å². The number of aromatic nitrogens is 1. The number of hydrogen-bond acceptors (Lipinski definition) is 3. The highest BCUT2D eigenvalue weighted by molar-refractivity contribution is 7.09. The quantitative estimate of drug-likeness (QED) is 0.273. The summed E-state index contributed by atoms with van der Waals surface area (Å²) in [5.41, 5.74) is 6.02. The molecule has 2 aromatic rings. The smallest absolute Gasteiger partial charge is 0.0932 e. The van der Waals surface area contributed by atoms with Crippen molar-refractivity contribution >= 4 is 11.3 Å². The molecule has 1 aromatic carbocycles. The van der Waals surface area contributed by atoms with Crippen LogP contribution in [0.25, 0.3) is 11.3 Å². The van der Waals surface area contributed by atoms with Gasteiger partial charge in [0.15, 0.2) is 0 Å². The van der Waals surface area contributed by atoms with Crippen LogP contribution < -0.4 is 0 Å². The summed E-state index contributed by atoms with van der Waals surface area (Å²) in [7, 11) is 0. The fourth-order valence-electron chi connectivity index (χ4n) is 5.41. The Morgan fingerprint density at radius 1 is 0.909 bits per heavy atom. The van der Waals surface area contributed by atoms with Crippen LogP contribution in [0.2, 0.25) is 0 Å². The number of benzene rings is 1. The summed E-state index contributed by atoms with van der Waals surface area (Å²) >= 11 is 1.84. The highest BCUT2D eigenvalue weighted by Crippen LogP contribution is 2.46. The molecule has 0 spiro atoms. The molecule has 0 aliphatic heterocycles. The van der Waals surface area contributed by atoms with Gasteiger partial charge in [0.2, 0.25) is 0 Å². The molecule has 3 heteroatoms. The molecule has 0 N–H and O–H groups in total. The van der Waals surface area contributed by atoms with Gasteiger partial charge in [-0.1, -0.05) is 72.9 Å². The molecule has 1 atom stereocenters. The van der Waals surface area contributed by atoms with E-state index in [1.165, 1.54) is 73.1 Å². The maximum Gasteiger partial charge on any atom is 0.0932 e. The molecule has 184 valence electrons. The Bertz CT molecular complexity index is 866. The molecule has 1 aromatic heterocycles. The van der Waals surface area contributed by atoms with E-state index in [4.69, 9.17) is 9.72 Å². The maximum atomic E-state index is 5.68. The van der Waals surface area contributed by atoms with Gasteiger partial charge >= 0.3 is 0 Å². The van der Waals surface area contributed by atoms with Crippen LogP contribution in [-0.4, -0.2) is 18.2 Å². The highest BCUT2D eigenvalue weighted by atomic mass is 32.1. The zero-order valence-corrected chi connectivity index (χ0v) is 23.0. The molecule has 1 aliphatic rings. The van der Waals surface area contributed by atoms with Gasteiger partial charge in [0.25, 0.3) is 0 Å². The molecule has 0 fully saturated rings. The van der Waals surface area contributed by atoms with Crippen molar-refractivity contribution in [1.82, 2.24) is 4.98 Å². The molecule has 0 radical (unpaired) electrons. The second kappa shape index (κ2) is 12.0. The van der Waals surface area contributed by atoms with Gasteiger partial charge in [0, 0.05) is 24.2 Å². The molecular formula is C30H47NOS. The summed E-state index contributed by atoms with van der Waals surface area (Å²) < 4.78 is 5.68. The zero-order chi connectivity index (χ0) is 23.9. The van der Waals surface area contributed by atoms with Crippen molar-refractivity contribution in [3.63, 3.8) is 0 Å². The van der Waals surface area contributed by atoms with Gasteiger partial charge in [-0.05, 0) is 78.9 Å². The first-order valence-electron chi connectivity index (χ1n) is 13.4. The van der Waals surface area contributed by atoms with Crippen molar-refractivity contribution in [2.24, 2.45) is 5.92 Å². The van der Waals surface area contributed by atoms with Crippen LogP contribution >= 0.6 is 11.3 Å². The van der Waals surface area contributed by atoms with Crippen LogP contribution in [0.3, 0.4) is 0 Å². The van der Waals surface area contributed by atoms with E-state index in [1.54, 1.807) is 0 Å². The predicted octanol–water partition coefficient (Wildman–Crippen LogP) is 9.10. The topological polar surface area (TPSA) is 22.1 Å². The lowest BCUT2D eigenvalue weighted by Gasteiger charge is -2.42. The van der Waals surface area contributed by atoms with Crippen molar-refractivity contribution < 1.29 is 4.74 Å². The van der Waals surface area contributed by atoms with Crippen LogP contribution in [0, 0.1) is 5.92 Å². The second-order valence-corrected chi connectivity index (χ2v) is 12.4. The van der Waals surface area contributed by atoms with Crippen LogP contribution in [-0.2, 0) is 22.0 Å². The number of rotatable bonds is 13. The Kier molecular flexibility index (Phi) is 9.59. The minimum absolute atomic E-state index is 0.246. The maximum absolute atomic E-state index is 5.68. The van der Waals surface area contributed by atoms with E-state index < -0.39 is 0 Å². The summed E-state index contributed by atoms with van der Waals surface area (Å²) in [6, 6.07) is 7.12. The monoisotopic (exact) mass is 469 g/mol. The molecule has 1 heterocycles. The highest BCUT2D eigenvalue weighted by Gasteiger charge is 2.37. The Morgan fingerprint density at radius 3 is 2.36 bits per heavy atom. The van der Waals surface area contributed by atoms with E-state index >= 15 is 0 Å². The van der Waals surface area contributed by atoms with E-state index in [1.807, 2.05) is 11.3 Å². The number of nitrogens with zero attached hydrogens (tertiary/aromatic N) is 1. The molecule has 2 nitrogen and oxygen atoms in total. The van der Waals surface area contributed by atoms with Crippen molar-refractivity contribution in [2.75, 3.05) is 13.2 Å². The molecular weight excluding hydrogens is 422 g/mol. The lowest BCUT2D eigenvalue weighted by atomic mass is 9.63.